The number of ether oxygens (including phenoxy) is 2. The molecule has 0 unspecified atom stereocenters. The number of nitrogens with zero attached hydrogens (tertiary/aromatic N) is 2. The van der Waals surface area contributed by atoms with Crippen LogP contribution in [0.3, 0.4) is 0 Å². The van der Waals surface area contributed by atoms with E-state index in [1.165, 1.54) is 66.6 Å². The zero-order valence-corrected chi connectivity index (χ0v) is 26.7. The number of nitrogens with one attached hydrogen (secondary N) is 1. The van der Waals surface area contributed by atoms with E-state index in [2.05, 4.69) is 57.0 Å². The van der Waals surface area contributed by atoms with E-state index in [0.29, 0.717) is 12.3 Å². The standard InChI is InChI=1S/C34H41N3O4S2/c1-40-32-22-25(7-8-27(32)24-37-17-5-6-18-37)21-31-30-14-11-28(35-43(2,38)39)23-33(30)42-34(31)26-9-12-29(13-10-26)41-20-19-36-15-3-4-16-36/h7-14,22-23,35H,3-6,15-21,24H2,1-2H3. The third kappa shape index (κ3) is 7.52. The van der Waals surface area contributed by atoms with E-state index in [9.17, 15) is 8.42 Å². The van der Waals surface area contributed by atoms with Gasteiger partial charge in [0.25, 0.3) is 0 Å². The van der Waals surface area contributed by atoms with Crippen LogP contribution in [0.2, 0.25) is 0 Å². The number of rotatable bonds is 12. The highest BCUT2D eigenvalue weighted by molar-refractivity contribution is 7.92. The first kappa shape index (κ1) is 29.9. The zero-order chi connectivity index (χ0) is 29.8. The lowest BCUT2D eigenvalue weighted by Crippen LogP contribution is -2.25. The number of likely N-dealkylation sites (tertiary alicyclic amines) is 2. The van der Waals surface area contributed by atoms with Gasteiger partial charge in [0, 0.05) is 33.9 Å². The predicted molar refractivity (Wildman–Crippen MR) is 177 cm³/mol. The SMILES string of the molecule is COc1cc(Cc2c(-c3ccc(OCCN4CCCC4)cc3)sc3cc(NS(C)(=O)=O)ccc23)ccc1CN1CCCC1. The molecule has 2 fully saturated rings. The van der Waals surface area contributed by atoms with Crippen molar-refractivity contribution in [1.29, 1.82) is 0 Å². The predicted octanol–water partition coefficient (Wildman–Crippen LogP) is 6.61. The molecule has 0 spiro atoms. The van der Waals surface area contributed by atoms with Gasteiger partial charge in [-0.2, -0.15) is 0 Å². The van der Waals surface area contributed by atoms with Crippen LogP contribution in [-0.2, 0) is 23.0 Å². The van der Waals surface area contributed by atoms with Crippen LogP contribution in [0, 0.1) is 0 Å². The summed E-state index contributed by atoms with van der Waals surface area (Å²) < 4.78 is 39.4. The number of methoxy groups -OCH3 is 1. The van der Waals surface area contributed by atoms with Gasteiger partial charge < -0.3 is 9.47 Å². The molecule has 6 rings (SSSR count). The number of thiophene rings is 1. The van der Waals surface area contributed by atoms with Crippen LogP contribution in [0.15, 0.2) is 60.7 Å². The van der Waals surface area contributed by atoms with Crippen LogP contribution in [0.1, 0.15) is 42.4 Å². The molecule has 228 valence electrons. The highest BCUT2D eigenvalue weighted by atomic mass is 32.2. The molecule has 0 bridgehead atoms. The minimum atomic E-state index is -3.37. The normalized spacial score (nSPS) is 16.2. The summed E-state index contributed by atoms with van der Waals surface area (Å²) in [5.41, 5.74) is 5.33. The Hall–Kier alpha value is -3.11. The van der Waals surface area contributed by atoms with E-state index in [4.69, 9.17) is 9.47 Å². The Morgan fingerprint density at radius 1 is 0.884 bits per heavy atom. The average molecular weight is 620 g/mol. The Morgan fingerprint density at radius 3 is 2.30 bits per heavy atom. The molecule has 9 heteroatoms. The quantitative estimate of drug-likeness (QED) is 0.193. The van der Waals surface area contributed by atoms with Gasteiger partial charge in [0.05, 0.1) is 13.4 Å². The van der Waals surface area contributed by atoms with Crippen molar-refractivity contribution in [3.05, 3.63) is 77.4 Å². The Morgan fingerprint density at radius 2 is 1.60 bits per heavy atom. The second kappa shape index (κ2) is 13.3. The highest BCUT2D eigenvalue weighted by Crippen LogP contribution is 2.42. The van der Waals surface area contributed by atoms with Crippen LogP contribution in [0.5, 0.6) is 11.5 Å². The fourth-order valence-electron chi connectivity index (χ4n) is 6.25. The Bertz CT molecular complexity index is 1660. The molecular formula is C34H41N3O4S2. The third-order valence-corrected chi connectivity index (χ3v) is 10.3. The second-order valence-electron chi connectivity index (χ2n) is 11.7. The minimum Gasteiger partial charge on any atom is -0.496 e. The van der Waals surface area contributed by atoms with E-state index >= 15 is 0 Å². The van der Waals surface area contributed by atoms with Crippen molar-refractivity contribution in [3.63, 3.8) is 0 Å². The smallest absolute Gasteiger partial charge is 0.229 e. The molecule has 3 heterocycles. The van der Waals surface area contributed by atoms with Crippen LogP contribution in [0.25, 0.3) is 20.5 Å². The first-order valence-corrected chi connectivity index (χ1v) is 17.9. The summed E-state index contributed by atoms with van der Waals surface area (Å²) in [7, 11) is -1.62. The fraction of sp³-hybridized carbons (Fsp3) is 0.412. The van der Waals surface area contributed by atoms with Crippen LogP contribution in [-0.4, -0.2) is 70.9 Å². The molecule has 1 aromatic heterocycles. The highest BCUT2D eigenvalue weighted by Gasteiger charge is 2.19. The second-order valence-corrected chi connectivity index (χ2v) is 14.5. The molecule has 2 aliphatic rings. The van der Waals surface area contributed by atoms with Crippen molar-refractivity contribution in [1.82, 2.24) is 9.80 Å². The number of hydrogen-bond donors (Lipinski definition) is 1. The van der Waals surface area contributed by atoms with Gasteiger partial charge >= 0.3 is 0 Å². The Kier molecular flexibility index (Phi) is 9.23. The van der Waals surface area contributed by atoms with Crippen molar-refractivity contribution in [2.24, 2.45) is 0 Å². The summed E-state index contributed by atoms with van der Waals surface area (Å²) in [4.78, 5) is 6.12. The molecule has 0 saturated carbocycles. The van der Waals surface area contributed by atoms with Crippen molar-refractivity contribution in [3.8, 4) is 21.9 Å². The van der Waals surface area contributed by atoms with Crippen molar-refractivity contribution < 1.29 is 17.9 Å². The van der Waals surface area contributed by atoms with Crippen LogP contribution < -0.4 is 14.2 Å². The van der Waals surface area contributed by atoms with Gasteiger partial charge in [0.2, 0.25) is 10.0 Å². The monoisotopic (exact) mass is 619 g/mol. The summed E-state index contributed by atoms with van der Waals surface area (Å²) in [5.74, 6) is 1.81. The lowest BCUT2D eigenvalue weighted by Gasteiger charge is -2.18. The Labute approximate surface area is 259 Å². The molecule has 0 atom stereocenters. The first-order valence-electron chi connectivity index (χ1n) is 15.2. The number of benzene rings is 3. The van der Waals surface area contributed by atoms with Gasteiger partial charge in [-0.25, -0.2) is 8.42 Å². The van der Waals surface area contributed by atoms with Crippen molar-refractivity contribution in [2.45, 2.75) is 38.6 Å². The van der Waals surface area contributed by atoms with Crippen molar-refractivity contribution >= 4 is 37.1 Å². The molecule has 0 radical (unpaired) electrons. The van der Waals surface area contributed by atoms with Crippen LogP contribution in [0.4, 0.5) is 5.69 Å². The van der Waals surface area contributed by atoms with Gasteiger partial charge in [-0.15, -0.1) is 11.3 Å². The van der Waals surface area contributed by atoms with Gasteiger partial charge in [-0.1, -0.05) is 18.2 Å². The summed E-state index contributed by atoms with van der Waals surface area (Å²) in [6, 6.07) is 20.8. The minimum absolute atomic E-state index is 0.573. The number of sulfonamides is 1. The largest absolute Gasteiger partial charge is 0.496 e. The van der Waals surface area contributed by atoms with E-state index in [0.717, 1.165) is 59.7 Å². The van der Waals surface area contributed by atoms with Gasteiger partial charge in [-0.05, 0) is 123 Å². The summed E-state index contributed by atoms with van der Waals surface area (Å²) in [5, 5.41) is 1.13. The Balaban J connectivity index is 1.28. The van der Waals surface area contributed by atoms with E-state index in [-0.39, 0.29) is 0 Å². The fourth-order valence-corrected chi connectivity index (χ4v) is 8.07. The molecule has 43 heavy (non-hydrogen) atoms. The molecule has 0 amide bonds. The molecule has 2 saturated heterocycles. The third-order valence-electron chi connectivity index (χ3n) is 8.41. The molecule has 7 nitrogen and oxygen atoms in total. The number of anilines is 1. The number of hydrogen-bond acceptors (Lipinski definition) is 7. The number of fused-ring (bicyclic) bond motifs is 1. The molecule has 0 aliphatic carbocycles. The molecular weight excluding hydrogens is 579 g/mol. The lowest BCUT2D eigenvalue weighted by atomic mass is 9.97. The van der Waals surface area contributed by atoms with E-state index in [1.807, 2.05) is 18.2 Å². The first-order chi connectivity index (χ1) is 20.8. The molecule has 3 aromatic carbocycles. The van der Waals surface area contributed by atoms with E-state index in [1.54, 1.807) is 18.4 Å². The van der Waals surface area contributed by atoms with Gasteiger partial charge in [0.1, 0.15) is 18.1 Å². The van der Waals surface area contributed by atoms with E-state index < -0.39 is 10.0 Å². The topological polar surface area (TPSA) is 71.1 Å². The zero-order valence-electron chi connectivity index (χ0n) is 25.1. The maximum Gasteiger partial charge on any atom is 0.229 e. The summed E-state index contributed by atoms with van der Waals surface area (Å²) in [6.45, 7) is 7.21. The molecule has 1 N–H and O–H groups in total. The maximum atomic E-state index is 11.9. The average Bonchev–Trinajstić information content (AvgIpc) is 3.76. The molecule has 4 aromatic rings. The van der Waals surface area contributed by atoms with Gasteiger partial charge in [0.15, 0.2) is 0 Å². The summed E-state index contributed by atoms with van der Waals surface area (Å²) >= 11 is 1.69. The lowest BCUT2D eigenvalue weighted by molar-refractivity contribution is 0.238. The summed E-state index contributed by atoms with van der Waals surface area (Å²) in [6.07, 6.45) is 7.02. The van der Waals surface area contributed by atoms with Gasteiger partial charge in [-0.3, -0.25) is 14.5 Å². The maximum absolute atomic E-state index is 11.9. The van der Waals surface area contributed by atoms with Crippen LogP contribution >= 0.6 is 11.3 Å². The van der Waals surface area contributed by atoms with Crippen molar-refractivity contribution in [2.75, 3.05) is 57.4 Å². The molecule has 2 aliphatic heterocycles.